The van der Waals surface area contributed by atoms with E-state index in [1.165, 1.54) is 19.4 Å². The lowest BCUT2D eigenvalue weighted by molar-refractivity contribution is -0.154. The minimum absolute atomic E-state index is 0.0153. The Kier molecular flexibility index (Phi) is 4.03. The number of carbonyl (C=O) groups is 1. The van der Waals surface area contributed by atoms with Crippen LogP contribution in [0, 0.1) is 5.92 Å². The van der Waals surface area contributed by atoms with Crippen LogP contribution in [0.15, 0.2) is 30.3 Å². The maximum atomic E-state index is 12.4. The van der Waals surface area contributed by atoms with Crippen LogP contribution in [0.3, 0.4) is 0 Å². The lowest BCUT2D eigenvalue weighted by Gasteiger charge is -2.46. The van der Waals surface area contributed by atoms with E-state index in [4.69, 9.17) is 4.74 Å². The third kappa shape index (κ3) is 3.13. The fraction of sp³-hybridized carbons (Fsp3) is 0.611. The third-order valence-corrected chi connectivity index (χ3v) is 5.01. The van der Waals surface area contributed by atoms with Crippen molar-refractivity contribution in [3.8, 4) is 0 Å². The Morgan fingerprint density at radius 1 is 1.33 bits per heavy atom. The first-order chi connectivity index (χ1) is 10.1. The molecule has 2 aliphatic heterocycles. The topological polar surface area (TPSA) is 29.5 Å². The highest BCUT2D eigenvalue weighted by atomic mass is 16.5. The molecule has 3 nitrogen and oxygen atoms in total. The first kappa shape index (κ1) is 14.6. The van der Waals surface area contributed by atoms with Crippen LogP contribution in [0.4, 0.5) is 0 Å². The second-order valence-electron chi connectivity index (χ2n) is 7.03. The van der Waals surface area contributed by atoms with Gasteiger partial charge in [0, 0.05) is 11.6 Å². The van der Waals surface area contributed by atoms with Crippen LogP contribution < -0.4 is 0 Å². The number of piperidine rings is 1. The molecule has 0 aromatic heterocycles. The molecular weight excluding hydrogens is 262 g/mol. The summed E-state index contributed by atoms with van der Waals surface area (Å²) >= 11 is 0. The van der Waals surface area contributed by atoms with E-state index in [-0.39, 0.29) is 17.4 Å². The summed E-state index contributed by atoms with van der Waals surface area (Å²) < 4.78 is 5.55. The van der Waals surface area contributed by atoms with Crippen LogP contribution in [-0.4, -0.2) is 29.0 Å². The number of hydrogen-bond acceptors (Lipinski definition) is 3. The number of benzene rings is 1. The summed E-state index contributed by atoms with van der Waals surface area (Å²) in [5.74, 6) is 0.0431. The van der Waals surface area contributed by atoms with Gasteiger partial charge in [0.25, 0.3) is 0 Å². The molecule has 1 aromatic rings. The number of carbonyl (C=O) groups excluding carboxylic acids is 1. The molecule has 2 fully saturated rings. The molecule has 0 saturated carbocycles. The standard InChI is InChI=1S/C18H25NO2/c1-18(2)12-15(11-16-9-6-10-19(16)18)17(20)21-13-14-7-4-3-5-8-14/h3-5,7-8,15-16H,6,9-13H2,1-2H3/t15-,16-/m0/s1. The lowest BCUT2D eigenvalue weighted by Crippen LogP contribution is -2.53. The molecule has 0 unspecified atom stereocenters. The van der Waals surface area contributed by atoms with Crippen LogP contribution in [0.1, 0.15) is 45.1 Å². The number of fused-ring (bicyclic) bond motifs is 1. The molecule has 0 amide bonds. The molecule has 0 N–H and O–H groups in total. The van der Waals surface area contributed by atoms with E-state index in [0.717, 1.165) is 18.4 Å². The van der Waals surface area contributed by atoms with Crippen molar-refractivity contribution < 1.29 is 9.53 Å². The van der Waals surface area contributed by atoms with Gasteiger partial charge in [-0.3, -0.25) is 9.69 Å². The zero-order chi connectivity index (χ0) is 14.9. The highest BCUT2D eigenvalue weighted by Crippen LogP contribution is 2.40. The van der Waals surface area contributed by atoms with Crippen LogP contribution in [0.5, 0.6) is 0 Å². The smallest absolute Gasteiger partial charge is 0.309 e. The Labute approximate surface area is 127 Å². The van der Waals surface area contributed by atoms with Crippen molar-refractivity contribution in [2.75, 3.05) is 6.54 Å². The highest BCUT2D eigenvalue weighted by Gasteiger charge is 2.45. The SMILES string of the molecule is CC1(C)C[C@@H](C(=O)OCc2ccccc2)C[C@@H]2CCCN21. The van der Waals surface area contributed by atoms with Gasteiger partial charge in [-0.2, -0.15) is 0 Å². The van der Waals surface area contributed by atoms with Crippen LogP contribution in [0.25, 0.3) is 0 Å². The third-order valence-electron chi connectivity index (χ3n) is 5.01. The predicted molar refractivity (Wildman–Crippen MR) is 82.8 cm³/mol. The van der Waals surface area contributed by atoms with Crippen molar-refractivity contribution >= 4 is 5.97 Å². The zero-order valence-electron chi connectivity index (χ0n) is 13.0. The van der Waals surface area contributed by atoms with Crippen LogP contribution >= 0.6 is 0 Å². The summed E-state index contributed by atoms with van der Waals surface area (Å²) in [6.07, 6.45) is 4.37. The van der Waals surface area contributed by atoms with Crippen LogP contribution in [-0.2, 0) is 16.1 Å². The Morgan fingerprint density at radius 2 is 2.10 bits per heavy atom. The Morgan fingerprint density at radius 3 is 2.86 bits per heavy atom. The molecule has 2 saturated heterocycles. The molecule has 0 radical (unpaired) electrons. The van der Waals surface area contributed by atoms with Crippen molar-refractivity contribution in [1.29, 1.82) is 0 Å². The van der Waals surface area contributed by atoms with Crippen molar-refractivity contribution in [3.05, 3.63) is 35.9 Å². The maximum absolute atomic E-state index is 12.4. The van der Waals surface area contributed by atoms with Gasteiger partial charge < -0.3 is 4.74 Å². The van der Waals surface area contributed by atoms with E-state index in [1.807, 2.05) is 30.3 Å². The molecule has 3 rings (SSSR count). The van der Waals surface area contributed by atoms with Crippen molar-refractivity contribution in [1.82, 2.24) is 4.90 Å². The largest absolute Gasteiger partial charge is 0.461 e. The number of hydrogen-bond donors (Lipinski definition) is 0. The van der Waals surface area contributed by atoms with Gasteiger partial charge in [-0.05, 0) is 51.6 Å². The molecule has 0 aliphatic carbocycles. The van der Waals surface area contributed by atoms with Gasteiger partial charge in [0.15, 0.2) is 0 Å². The van der Waals surface area contributed by atoms with Gasteiger partial charge in [-0.15, -0.1) is 0 Å². The van der Waals surface area contributed by atoms with E-state index in [2.05, 4.69) is 18.7 Å². The van der Waals surface area contributed by atoms with Crippen molar-refractivity contribution in [2.24, 2.45) is 5.92 Å². The Balaban J connectivity index is 1.60. The predicted octanol–water partition coefficient (Wildman–Crippen LogP) is 3.38. The Hall–Kier alpha value is -1.35. The molecule has 0 spiro atoms. The highest BCUT2D eigenvalue weighted by molar-refractivity contribution is 5.73. The van der Waals surface area contributed by atoms with Crippen molar-refractivity contribution in [3.63, 3.8) is 0 Å². The molecule has 3 heteroatoms. The molecule has 21 heavy (non-hydrogen) atoms. The average Bonchev–Trinajstić information content (AvgIpc) is 2.95. The average molecular weight is 287 g/mol. The van der Waals surface area contributed by atoms with Gasteiger partial charge in [0.05, 0.1) is 5.92 Å². The van der Waals surface area contributed by atoms with E-state index in [9.17, 15) is 4.79 Å². The first-order valence-corrected chi connectivity index (χ1v) is 8.03. The van der Waals surface area contributed by atoms with Crippen molar-refractivity contribution in [2.45, 2.75) is 57.7 Å². The second-order valence-corrected chi connectivity index (χ2v) is 7.03. The normalized spacial score (nSPS) is 28.1. The quantitative estimate of drug-likeness (QED) is 0.798. The molecule has 2 heterocycles. The first-order valence-electron chi connectivity index (χ1n) is 8.03. The summed E-state index contributed by atoms with van der Waals surface area (Å²) in [6.45, 7) is 6.11. The summed E-state index contributed by atoms with van der Waals surface area (Å²) in [5, 5.41) is 0. The van der Waals surface area contributed by atoms with E-state index < -0.39 is 0 Å². The fourth-order valence-electron chi connectivity index (χ4n) is 4.04. The summed E-state index contributed by atoms with van der Waals surface area (Å²) in [4.78, 5) is 15.0. The molecular formula is C18H25NO2. The summed E-state index contributed by atoms with van der Waals surface area (Å²) in [6, 6.07) is 10.5. The van der Waals surface area contributed by atoms with Crippen LogP contribution in [0.2, 0.25) is 0 Å². The number of esters is 1. The monoisotopic (exact) mass is 287 g/mol. The second kappa shape index (κ2) is 5.80. The van der Waals surface area contributed by atoms with Gasteiger partial charge in [0.2, 0.25) is 0 Å². The fourth-order valence-corrected chi connectivity index (χ4v) is 4.04. The van der Waals surface area contributed by atoms with E-state index >= 15 is 0 Å². The minimum atomic E-state index is -0.0153. The number of nitrogens with zero attached hydrogens (tertiary/aromatic N) is 1. The molecule has 0 bridgehead atoms. The lowest BCUT2D eigenvalue weighted by atomic mass is 9.80. The van der Waals surface area contributed by atoms with E-state index in [1.54, 1.807) is 0 Å². The molecule has 2 aliphatic rings. The molecule has 1 aromatic carbocycles. The van der Waals surface area contributed by atoms with Gasteiger partial charge in [-0.1, -0.05) is 30.3 Å². The minimum Gasteiger partial charge on any atom is -0.461 e. The molecule has 2 atom stereocenters. The molecule has 114 valence electrons. The maximum Gasteiger partial charge on any atom is 0.309 e. The number of ether oxygens (including phenoxy) is 1. The van der Waals surface area contributed by atoms with Gasteiger partial charge >= 0.3 is 5.97 Å². The van der Waals surface area contributed by atoms with Gasteiger partial charge in [0.1, 0.15) is 6.61 Å². The summed E-state index contributed by atoms with van der Waals surface area (Å²) in [5.41, 5.74) is 1.18. The van der Waals surface area contributed by atoms with Gasteiger partial charge in [-0.25, -0.2) is 0 Å². The van der Waals surface area contributed by atoms with E-state index in [0.29, 0.717) is 12.6 Å². The number of rotatable bonds is 3. The Bertz CT molecular complexity index is 497. The zero-order valence-corrected chi connectivity index (χ0v) is 13.0. The summed E-state index contributed by atoms with van der Waals surface area (Å²) in [7, 11) is 0.